The van der Waals surface area contributed by atoms with Crippen molar-refractivity contribution in [2.75, 3.05) is 6.26 Å². The number of amides is 1. The van der Waals surface area contributed by atoms with E-state index < -0.39 is 43.5 Å². The maximum atomic E-state index is 12.8. The molecule has 126 valence electrons. The van der Waals surface area contributed by atoms with E-state index in [0.717, 1.165) is 12.3 Å². The Labute approximate surface area is 135 Å². The number of alkyl halides is 4. The molecule has 0 radical (unpaired) electrons. The smallest absolute Gasteiger partial charge is 0.346 e. The Morgan fingerprint density at radius 2 is 1.83 bits per heavy atom. The van der Waals surface area contributed by atoms with Gasteiger partial charge in [0, 0.05) is 11.8 Å². The van der Waals surface area contributed by atoms with Crippen molar-refractivity contribution in [1.82, 2.24) is 5.32 Å². The average Bonchev–Trinajstić information content (AvgIpc) is 2.32. The second-order valence-electron chi connectivity index (χ2n) is 6.40. The second kappa shape index (κ2) is 4.63. The summed E-state index contributed by atoms with van der Waals surface area (Å²) in [6.07, 6.45) is -2.19. The van der Waals surface area contributed by atoms with E-state index in [1.807, 2.05) is 0 Å². The molecule has 0 atom stereocenters. The number of benzene rings is 1. The van der Waals surface area contributed by atoms with Crippen LogP contribution in [0.3, 0.4) is 0 Å². The van der Waals surface area contributed by atoms with E-state index in [1.165, 1.54) is 0 Å². The van der Waals surface area contributed by atoms with Gasteiger partial charge in [-0.1, -0.05) is 0 Å². The molecule has 0 saturated heterocycles. The highest BCUT2D eigenvalue weighted by atomic mass is 35.5. The van der Waals surface area contributed by atoms with E-state index >= 15 is 0 Å². The van der Waals surface area contributed by atoms with Gasteiger partial charge in [-0.2, -0.15) is 13.2 Å². The molecule has 2 bridgehead atoms. The van der Waals surface area contributed by atoms with E-state index in [2.05, 4.69) is 5.32 Å². The summed E-state index contributed by atoms with van der Waals surface area (Å²) in [4.78, 5) is 11.6. The van der Waals surface area contributed by atoms with E-state index in [9.17, 15) is 26.4 Å². The van der Waals surface area contributed by atoms with Crippen molar-refractivity contribution in [1.29, 1.82) is 0 Å². The largest absolute Gasteiger partial charge is 0.416 e. The number of carbonyl (C=O) groups excluding carboxylic acids is 1. The zero-order valence-electron chi connectivity index (χ0n) is 12.0. The maximum absolute atomic E-state index is 12.8. The van der Waals surface area contributed by atoms with E-state index in [-0.39, 0.29) is 4.87 Å². The second-order valence-corrected chi connectivity index (χ2v) is 9.18. The van der Waals surface area contributed by atoms with Gasteiger partial charge in [0.25, 0.3) is 5.91 Å². The highest BCUT2D eigenvalue weighted by molar-refractivity contribution is 7.90. The Hall–Kier alpha value is -1.28. The zero-order valence-corrected chi connectivity index (χ0v) is 13.6. The first-order chi connectivity index (χ1) is 10.3. The van der Waals surface area contributed by atoms with Gasteiger partial charge in [0.1, 0.15) is 0 Å². The molecule has 1 aromatic rings. The van der Waals surface area contributed by atoms with Gasteiger partial charge in [-0.15, -0.1) is 11.6 Å². The molecule has 3 aliphatic carbocycles. The molecule has 4 nitrogen and oxygen atoms in total. The fraction of sp³-hybridized carbons (Fsp3) is 0.500. The molecule has 1 amide bonds. The fourth-order valence-corrected chi connectivity index (χ4v) is 4.95. The molecular formula is C14H13ClF3NO3S. The van der Waals surface area contributed by atoms with Crippen LogP contribution < -0.4 is 5.32 Å². The summed E-state index contributed by atoms with van der Waals surface area (Å²) < 4.78 is 62.0. The number of rotatable bonds is 3. The van der Waals surface area contributed by atoms with Crippen LogP contribution >= 0.6 is 11.6 Å². The van der Waals surface area contributed by atoms with Crippen LogP contribution in [0.15, 0.2) is 23.1 Å². The van der Waals surface area contributed by atoms with Crippen LogP contribution in [-0.2, 0) is 16.0 Å². The summed E-state index contributed by atoms with van der Waals surface area (Å²) in [6, 6.07) is 2.05. The van der Waals surface area contributed by atoms with Crippen LogP contribution in [0, 0.1) is 0 Å². The molecule has 9 heteroatoms. The summed E-state index contributed by atoms with van der Waals surface area (Å²) >= 11 is 6.08. The first-order valence-corrected chi connectivity index (χ1v) is 9.03. The Kier molecular flexibility index (Phi) is 3.34. The van der Waals surface area contributed by atoms with E-state index in [1.54, 1.807) is 0 Å². The molecular weight excluding hydrogens is 355 g/mol. The molecule has 1 N–H and O–H groups in total. The van der Waals surface area contributed by atoms with E-state index in [0.29, 0.717) is 31.4 Å². The van der Waals surface area contributed by atoms with Gasteiger partial charge in [-0.25, -0.2) is 8.42 Å². The quantitative estimate of drug-likeness (QED) is 0.835. The molecule has 0 unspecified atom stereocenters. The monoisotopic (exact) mass is 367 g/mol. The SMILES string of the molecule is CS(=O)(=O)c1ccc(C(F)(F)F)cc1C(=O)NC12CC(Cl)(C1)C2. The van der Waals surface area contributed by atoms with Crippen LogP contribution in [0.1, 0.15) is 35.2 Å². The van der Waals surface area contributed by atoms with Crippen molar-refractivity contribution < 1.29 is 26.4 Å². The third-order valence-electron chi connectivity index (χ3n) is 4.30. The van der Waals surface area contributed by atoms with Gasteiger partial charge in [0.15, 0.2) is 9.84 Å². The number of hydrogen-bond acceptors (Lipinski definition) is 3. The van der Waals surface area contributed by atoms with Crippen LogP contribution in [0.4, 0.5) is 13.2 Å². The van der Waals surface area contributed by atoms with Crippen molar-refractivity contribution in [2.24, 2.45) is 0 Å². The zero-order chi connectivity index (χ0) is 17.3. The Morgan fingerprint density at radius 3 is 2.26 bits per heavy atom. The summed E-state index contributed by atoms with van der Waals surface area (Å²) in [5.41, 5.74) is -2.07. The standard InChI is InChI=1S/C14H13ClF3NO3S/c1-23(21,22)10-3-2-8(14(16,17)18)4-9(10)11(20)19-13-5-12(15,6-13)7-13/h2-4H,5-7H2,1H3,(H,19,20). The van der Waals surface area contributed by atoms with Crippen molar-refractivity contribution in [3.8, 4) is 0 Å². The first-order valence-electron chi connectivity index (χ1n) is 6.77. The minimum atomic E-state index is -4.67. The predicted molar refractivity (Wildman–Crippen MR) is 77.2 cm³/mol. The van der Waals surface area contributed by atoms with Crippen molar-refractivity contribution in [3.63, 3.8) is 0 Å². The minimum Gasteiger partial charge on any atom is -0.346 e. The number of carbonyl (C=O) groups is 1. The Morgan fingerprint density at radius 1 is 1.26 bits per heavy atom. The fourth-order valence-electron chi connectivity index (χ4n) is 3.31. The van der Waals surface area contributed by atoms with Crippen LogP contribution in [0.25, 0.3) is 0 Å². The van der Waals surface area contributed by atoms with Crippen LogP contribution in [0.5, 0.6) is 0 Å². The molecule has 0 aromatic heterocycles. The molecule has 4 rings (SSSR count). The summed E-state index contributed by atoms with van der Waals surface area (Å²) in [5, 5.41) is 2.64. The number of sulfone groups is 1. The summed E-state index contributed by atoms with van der Waals surface area (Å²) in [5.74, 6) is -0.824. The van der Waals surface area contributed by atoms with E-state index in [4.69, 9.17) is 11.6 Å². The van der Waals surface area contributed by atoms with Gasteiger partial charge < -0.3 is 5.32 Å². The Bertz CT molecular complexity index is 784. The lowest BCUT2D eigenvalue weighted by molar-refractivity contribution is -0.137. The average molecular weight is 368 g/mol. The predicted octanol–water partition coefficient (Wildman–Crippen LogP) is 2.75. The van der Waals surface area contributed by atoms with Crippen LogP contribution in [0.2, 0.25) is 0 Å². The van der Waals surface area contributed by atoms with Gasteiger partial charge >= 0.3 is 6.18 Å². The first kappa shape index (κ1) is 16.6. The third kappa shape index (κ3) is 2.82. The van der Waals surface area contributed by atoms with Crippen molar-refractivity contribution in [2.45, 2.75) is 40.7 Å². The maximum Gasteiger partial charge on any atom is 0.416 e. The lowest BCUT2D eigenvalue weighted by Gasteiger charge is -2.67. The molecule has 0 heterocycles. The Balaban J connectivity index is 1.96. The lowest BCUT2D eigenvalue weighted by atomic mass is 9.49. The molecule has 1 aromatic carbocycles. The molecule has 3 fully saturated rings. The van der Waals surface area contributed by atoms with Crippen molar-refractivity contribution >= 4 is 27.3 Å². The topological polar surface area (TPSA) is 63.2 Å². The number of nitrogens with one attached hydrogen (secondary N) is 1. The molecule has 23 heavy (non-hydrogen) atoms. The van der Waals surface area contributed by atoms with Gasteiger partial charge in [-0.3, -0.25) is 4.79 Å². The highest BCUT2D eigenvalue weighted by Crippen LogP contribution is 2.64. The van der Waals surface area contributed by atoms with Crippen molar-refractivity contribution in [3.05, 3.63) is 29.3 Å². The highest BCUT2D eigenvalue weighted by Gasteiger charge is 2.68. The van der Waals surface area contributed by atoms with Crippen LogP contribution in [-0.4, -0.2) is 31.0 Å². The normalized spacial score (nSPS) is 29.4. The molecule has 3 saturated carbocycles. The molecule has 0 spiro atoms. The lowest BCUT2D eigenvalue weighted by Crippen LogP contribution is -2.76. The summed E-state index contributed by atoms with van der Waals surface area (Å²) in [7, 11) is -3.84. The minimum absolute atomic E-state index is 0.319. The summed E-state index contributed by atoms with van der Waals surface area (Å²) in [6.45, 7) is 0. The molecule has 3 aliphatic rings. The number of hydrogen-bond donors (Lipinski definition) is 1. The third-order valence-corrected chi connectivity index (χ3v) is 5.85. The van der Waals surface area contributed by atoms with Gasteiger partial charge in [0.2, 0.25) is 0 Å². The number of halogens is 4. The van der Waals surface area contributed by atoms with Gasteiger partial charge in [0.05, 0.1) is 20.9 Å². The van der Waals surface area contributed by atoms with Gasteiger partial charge in [-0.05, 0) is 37.5 Å². The molecule has 0 aliphatic heterocycles.